The second-order valence-corrected chi connectivity index (χ2v) is 3.51. The van der Waals surface area contributed by atoms with Crippen LogP contribution in [0.4, 0.5) is 13.2 Å². The molecule has 0 amide bonds. The van der Waals surface area contributed by atoms with E-state index in [1.165, 1.54) is 12.3 Å². The van der Waals surface area contributed by atoms with E-state index in [1.807, 2.05) is 0 Å². The summed E-state index contributed by atoms with van der Waals surface area (Å²) in [6.45, 7) is 1.76. The molecule has 1 heterocycles. The van der Waals surface area contributed by atoms with Crippen LogP contribution in [0.1, 0.15) is 24.6 Å². The third-order valence-corrected chi connectivity index (χ3v) is 2.03. The molecule has 0 spiro atoms. The first-order valence-corrected chi connectivity index (χ1v) is 4.68. The van der Waals surface area contributed by atoms with Crippen LogP contribution in [-0.4, -0.2) is 11.0 Å². The summed E-state index contributed by atoms with van der Waals surface area (Å²) in [6, 6.07) is 2.22. The Hall–Kier alpha value is -1.10. The molecule has 84 valence electrons. The molecule has 1 aromatic rings. The van der Waals surface area contributed by atoms with Crippen LogP contribution in [-0.2, 0) is 12.6 Å². The van der Waals surface area contributed by atoms with Gasteiger partial charge in [0.25, 0.3) is 0 Å². The Labute approximate surface area is 86.3 Å². The summed E-state index contributed by atoms with van der Waals surface area (Å²) < 4.78 is 37.5. The zero-order valence-electron chi connectivity index (χ0n) is 8.38. The van der Waals surface area contributed by atoms with Crippen LogP contribution in [0.2, 0.25) is 0 Å². The second-order valence-electron chi connectivity index (χ2n) is 3.51. The number of hydrogen-bond donors (Lipinski definition) is 1. The molecule has 0 aliphatic heterocycles. The predicted molar refractivity (Wildman–Crippen MR) is 51.2 cm³/mol. The maximum absolute atomic E-state index is 12.5. The molecular weight excluding hydrogens is 205 g/mol. The van der Waals surface area contributed by atoms with E-state index in [0.717, 1.165) is 6.07 Å². The topological polar surface area (TPSA) is 38.9 Å². The standard InChI is InChI=1S/C10H13F3N2/c1-7(14)4-5-9-8(10(11,12)13)3-2-6-15-9/h2-3,6-7H,4-5,14H2,1H3/t7-/m1/s1. The number of rotatable bonds is 3. The molecule has 1 aromatic heterocycles. The van der Waals surface area contributed by atoms with Crippen LogP contribution in [0.25, 0.3) is 0 Å². The maximum Gasteiger partial charge on any atom is 0.418 e. The van der Waals surface area contributed by atoms with Gasteiger partial charge in [0.1, 0.15) is 0 Å². The van der Waals surface area contributed by atoms with Gasteiger partial charge in [-0.1, -0.05) is 0 Å². The number of aryl methyl sites for hydroxylation is 1. The van der Waals surface area contributed by atoms with Gasteiger partial charge in [-0.05, 0) is 31.9 Å². The quantitative estimate of drug-likeness (QED) is 0.845. The van der Waals surface area contributed by atoms with Crippen molar-refractivity contribution in [1.82, 2.24) is 4.98 Å². The molecule has 2 nitrogen and oxygen atoms in total. The highest BCUT2D eigenvalue weighted by molar-refractivity contribution is 5.23. The van der Waals surface area contributed by atoms with Crippen molar-refractivity contribution in [3.05, 3.63) is 29.6 Å². The van der Waals surface area contributed by atoms with E-state index in [1.54, 1.807) is 6.92 Å². The fourth-order valence-corrected chi connectivity index (χ4v) is 1.26. The average Bonchev–Trinajstić information content (AvgIpc) is 2.13. The van der Waals surface area contributed by atoms with Gasteiger partial charge in [0, 0.05) is 12.2 Å². The van der Waals surface area contributed by atoms with Crippen LogP contribution in [0.3, 0.4) is 0 Å². The zero-order chi connectivity index (χ0) is 11.5. The van der Waals surface area contributed by atoms with Crippen molar-refractivity contribution in [3.63, 3.8) is 0 Å². The summed E-state index contributed by atoms with van der Waals surface area (Å²) in [7, 11) is 0. The monoisotopic (exact) mass is 218 g/mol. The lowest BCUT2D eigenvalue weighted by Gasteiger charge is -2.12. The van der Waals surface area contributed by atoms with E-state index in [2.05, 4.69) is 4.98 Å². The van der Waals surface area contributed by atoms with Crippen LogP contribution in [0, 0.1) is 0 Å². The number of pyridine rings is 1. The predicted octanol–water partition coefficient (Wildman–Crippen LogP) is 2.38. The molecular formula is C10H13F3N2. The Morgan fingerprint density at radius 1 is 1.47 bits per heavy atom. The minimum absolute atomic E-state index is 0.0716. The Balaban J connectivity index is 2.87. The van der Waals surface area contributed by atoms with Gasteiger partial charge >= 0.3 is 6.18 Å². The molecule has 0 fully saturated rings. The van der Waals surface area contributed by atoms with Crippen molar-refractivity contribution in [3.8, 4) is 0 Å². The van der Waals surface area contributed by atoms with E-state index < -0.39 is 11.7 Å². The van der Waals surface area contributed by atoms with Crippen molar-refractivity contribution in [1.29, 1.82) is 0 Å². The van der Waals surface area contributed by atoms with Gasteiger partial charge < -0.3 is 5.73 Å². The normalized spacial score (nSPS) is 13.9. The highest BCUT2D eigenvalue weighted by atomic mass is 19.4. The lowest BCUT2D eigenvalue weighted by Crippen LogP contribution is -2.17. The first-order valence-electron chi connectivity index (χ1n) is 4.68. The second kappa shape index (κ2) is 4.61. The van der Waals surface area contributed by atoms with E-state index >= 15 is 0 Å². The molecule has 15 heavy (non-hydrogen) atoms. The van der Waals surface area contributed by atoms with Crippen molar-refractivity contribution in [2.45, 2.75) is 32.0 Å². The summed E-state index contributed by atoms with van der Waals surface area (Å²) in [5, 5.41) is 0. The minimum atomic E-state index is -4.33. The molecule has 0 bridgehead atoms. The molecule has 0 aliphatic carbocycles. The van der Waals surface area contributed by atoms with Gasteiger partial charge in [-0.15, -0.1) is 0 Å². The van der Waals surface area contributed by atoms with Gasteiger partial charge in [-0.25, -0.2) is 0 Å². The van der Waals surface area contributed by atoms with Gasteiger partial charge in [-0.3, -0.25) is 4.98 Å². The van der Waals surface area contributed by atoms with Crippen LogP contribution >= 0.6 is 0 Å². The molecule has 1 rings (SSSR count). The third kappa shape index (κ3) is 3.51. The van der Waals surface area contributed by atoms with Crippen LogP contribution in [0.15, 0.2) is 18.3 Å². The summed E-state index contributed by atoms with van der Waals surface area (Å²) in [6.07, 6.45) is -2.21. The van der Waals surface area contributed by atoms with Crippen molar-refractivity contribution >= 4 is 0 Å². The number of aromatic nitrogens is 1. The fraction of sp³-hybridized carbons (Fsp3) is 0.500. The zero-order valence-corrected chi connectivity index (χ0v) is 8.38. The largest absolute Gasteiger partial charge is 0.418 e. The van der Waals surface area contributed by atoms with E-state index in [4.69, 9.17) is 5.73 Å². The Morgan fingerprint density at radius 3 is 2.67 bits per heavy atom. The van der Waals surface area contributed by atoms with Crippen LogP contribution in [0.5, 0.6) is 0 Å². The Kier molecular flexibility index (Phi) is 3.68. The van der Waals surface area contributed by atoms with Crippen molar-refractivity contribution < 1.29 is 13.2 Å². The smallest absolute Gasteiger partial charge is 0.328 e. The van der Waals surface area contributed by atoms with Gasteiger partial charge in [-0.2, -0.15) is 13.2 Å². The molecule has 0 saturated carbocycles. The summed E-state index contributed by atoms with van der Waals surface area (Å²) in [5.41, 5.74) is 4.90. The number of halogens is 3. The fourth-order valence-electron chi connectivity index (χ4n) is 1.26. The lowest BCUT2D eigenvalue weighted by molar-refractivity contribution is -0.138. The first kappa shape index (κ1) is 12.0. The lowest BCUT2D eigenvalue weighted by atomic mass is 10.1. The van der Waals surface area contributed by atoms with E-state index in [-0.39, 0.29) is 18.2 Å². The summed E-state index contributed by atoms with van der Waals surface area (Å²) in [5.74, 6) is 0. The summed E-state index contributed by atoms with van der Waals surface area (Å²) in [4.78, 5) is 3.74. The Morgan fingerprint density at radius 2 is 2.13 bits per heavy atom. The van der Waals surface area contributed by atoms with Gasteiger partial charge in [0.05, 0.1) is 11.3 Å². The average molecular weight is 218 g/mol. The van der Waals surface area contributed by atoms with Gasteiger partial charge in [0.2, 0.25) is 0 Å². The van der Waals surface area contributed by atoms with E-state index in [0.29, 0.717) is 6.42 Å². The molecule has 2 N–H and O–H groups in total. The molecule has 5 heteroatoms. The maximum atomic E-state index is 12.5. The first-order chi connectivity index (χ1) is 6.91. The SMILES string of the molecule is C[C@@H](N)CCc1ncccc1C(F)(F)F. The highest BCUT2D eigenvalue weighted by Crippen LogP contribution is 2.31. The Bertz CT molecular complexity index is 321. The number of nitrogens with zero attached hydrogens (tertiary/aromatic N) is 1. The summed E-state index contributed by atoms with van der Waals surface area (Å²) >= 11 is 0. The molecule has 0 aliphatic rings. The van der Waals surface area contributed by atoms with Crippen molar-refractivity contribution in [2.24, 2.45) is 5.73 Å². The molecule has 0 radical (unpaired) electrons. The minimum Gasteiger partial charge on any atom is -0.328 e. The number of hydrogen-bond acceptors (Lipinski definition) is 2. The van der Waals surface area contributed by atoms with Gasteiger partial charge in [0.15, 0.2) is 0 Å². The molecule has 0 unspecified atom stereocenters. The highest BCUT2D eigenvalue weighted by Gasteiger charge is 2.33. The van der Waals surface area contributed by atoms with E-state index in [9.17, 15) is 13.2 Å². The molecule has 0 saturated heterocycles. The number of nitrogens with two attached hydrogens (primary N) is 1. The van der Waals surface area contributed by atoms with Crippen LogP contribution < -0.4 is 5.73 Å². The number of alkyl halides is 3. The molecule has 0 aromatic carbocycles. The third-order valence-electron chi connectivity index (χ3n) is 2.03. The molecule has 1 atom stereocenters. The van der Waals surface area contributed by atoms with Crippen molar-refractivity contribution in [2.75, 3.05) is 0 Å².